The summed E-state index contributed by atoms with van der Waals surface area (Å²) in [7, 11) is 0. The van der Waals surface area contributed by atoms with Crippen molar-refractivity contribution in [1.82, 2.24) is 5.32 Å². The van der Waals surface area contributed by atoms with Gasteiger partial charge in [-0.15, -0.1) is 11.3 Å². The number of thiophene rings is 1. The Hall–Kier alpha value is -1.62. The highest BCUT2D eigenvalue weighted by Gasteiger charge is 2.33. The molecular weight excluding hydrogens is 262 g/mol. The van der Waals surface area contributed by atoms with Gasteiger partial charge in [0.25, 0.3) is 0 Å². The number of nitrogens with one attached hydrogen (secondary N) is 1. The molecule has 1 atom stereocenters. The largest absolute Gasteiger partial charge is 0.480 e. The molecule has 5 heteroatoms. The number of carbonyl (C=O) groups excluding carboxylic acids is 1. The predicted molar refractivity (Wildman–Crippen MR) is 77.2 cm³/mol. The second-order valence-corrected chi connectivity index (χ2v) is 5.63. The van der Waals surface area contributed by atoms with Gasteiger partial charge in [-0.1, -0.05) is 13.3 Å². The molecule has 1 rings (SSSR count). The lowest BCUT2D eigenvalue weighted by Gasteiger charge is -2.24. The fraction of sp³-hybridized carbons (Fsp3) is 0.429. The molecule has 19 heavy (non-hydrogen) atoms. The van der Waals surface area contributed by atoms with Gasteiger partial charge in [0, 0.05) is 11.0 Å². The van der Waals surface area contributed by atoms with Gasteiger partial charge in [-0.3, -0.25) is 4.79 Å². The Kier molecular flexibility index (Phi) is 5.30. The maximum Gasteiger partial charge on any atom is 0.329 e. The SMILES string of the molecule is CCCC(C)(NC(=O)/C=C/c1sccc1C)C(=O)O. The first-order valence-electron chi connectivity index (χ1n) is 6.17. The summed E-state index contributed by atoms with van der Waals surface area (Å²) < 4.78 is 0. The highest BCUT2D eigenvalue weighted by molar-refractivity contribution is 7.11. The van der Waals surface area contributed by atoms with Gasteiger partial charge in [-0.05, 0) is 43.4 Å². The highest BCUT2D eigenvalue weighted by atomic mass is 32.1. The number of hydrogen-bond acceptors (Lipinski definition) is 3. The summed E-state index contributed by atoms with van der Waals surface area (Å²) in [4.78, 5) is 24.0. The van der Waals surface area contributed by atoms with Crippen LogP contribution in [-0.2, 0) is 9.59 Å². The molecule has 0 saturated heterocycles. The maximum atomic E-state index is 11.8. The third-order valence-electron chi connectivity index (χ3n) is 2.91. The topological polar surface area (TPSA) is 66.4 Å². The molecule has 0 aliphatic rings. The van der Waals surface area contributed by atoms with Gasteiger partial charge < -0.3 is 10.4 Å². The number of carboxylic acid groups (broad SMARTS) is 1. The van der Waals surface area contributed by atoms with Crippen LogP contribution >= 0.6 is 11.3 Å². The first kappa shape index (κ1) is 15.4. The average Bonchev–Trinajstić information content (AvgIpc) is 2.72. The molecule has 1 unspecified atom stereocenters. The maximum absolute atomic E-state index is 11.8. The molecule has 0 fully saturated rings. The lowest BCUT2D eigenvalue weighted by atomic mass is 9.96. The van der Waals surface area contributed by atoms with E-state index in [1.54, 1.807) is 17.4 Å². The number of aliphatic carboxylic acids is 1. The third-order valence-corrected chi connectivity index (χ3v) is 3.89. The van der Waals surface area contributed by atoms with Crippen molar-refractivity contribution < 1.29 is 14.7 Å². The van der Waals surface area contributed by atoms with Crippen LogP contribution in [-0.4, -0.2) is 22.5 Å². The zero-order valence-corrected chi connectivity index (χ0v) is 12.2. The first-order chi connectivity index (χ1) is 8.89. The van der Waals surface area contributed by atoms with Gasteiger partial charge in [-0.25, -0.2) is 4.79 Å². The Bertz CT molecular complexity index is 493. The van der Waals surface area contributed by atoms with Gasteiger partial charge in [0.2, 0.25) is 5.91 Å². The van der Waals surface area contributed by atoms with E-state index in [1.807, 2.05) is 25.3 Å². The molecule has 104 valence electrons. The monoisotopic (exact) mass is 281 g/mol. The van der Waals surface area contributed by atoms with Crippen molar-refractivity contribution in [2.75, 3.05) is 0 Å². The van der Waals surface area contributed by atoms with Crippen molar-refractivity contribution in [1.29, 1.82) is 0 Å². The Morgan fingerprint density at radius 2 is 2.21 bits per heavy atom. The Labute approximate surface area is 117 Å². The van der Waals surface area contributed by atoms with Crippen LogP contribution < -0.4 is 5.32 Å². The molecule has 0 aliphatic heterocycles. The molecule has 1 aromatic heterocycles. The lowest BCUT2D eigenvalue weighted by molar-refractivity contribution is -0.146. The Morgan fingerprint density at radius 1 is 1.53 bits per heavy atom. The minimum absolute atomic E-state index is 0.383. The minimum atomic E-state index is -1.21. The minimum Gasteiger partial charge on any atom is -0.480 e. The van der Waals surface area contributed by atoms with E-state index in [0.29, 0.717) is 12.8 Å². The van der Waals surface area contributed by atoms with E-state index in [4.69, 9.17) is 0 Å². The van der Waals surface area contributed by atoms with Crippen molar-refractivity contribution in [2.24, 2.45) is 0 Å². The number of amides is 1. The average molecular weight is 281 g/mol. The summed E-state index contributed by atoms with van der Waals surface area (Å²) in [5.74, 6) is -1.39. The fourth-order valence-electron chi connectivity index (χ4n) is 1.74. The fourth-order valence-corrected chi connectivity index (χ4v) is 2.56. The summed E-state index contributed by atoms with van der Waals surface area (Å²) in [5.41, 5.74) is -0.107. The molecule has 4 nitrogen and oxygen atoms in total. The molecule has 0 radical (unpaired) electrons. The van der Waals surface area contributed by atoms with Crippen molar-refractivity contribution in [3.63, 3.8) is 0 Å². The Balaban J connectivity index is 2.71. The van der Waals surface area contributed by atoms with E-state index in [0.717, 1.165) is 10.4 Å². The third kappa shape index (κ3) is 4.21. The van der Waals surface area contributed by atoms with Crippen molar-refractivity contribution in [3.8, 4) is 0 Å². The van der Waals surface area contributed by atoms with Crippen LogP contribution in [0.1, 0.15) is 37.1 Å². The summed E-state index contributed by atoms with van der Waals surface area (Å²) in [5, 5.41) is 13.7. The highest BCUT2D eigenvalue weighted by Crippen LogP contribution is 2.17. The van der Waals surface area contributed by atoms with E-state index in [-0.39, 0.29) is 5.91 Å². The number of carboxylic acids is 1. The van der Waals surface area contributed by atoms with E-state index in [9.17, 15) is 14.7 Å². The number of hydrogen-bond donors (Lipinski definition) is 2. The molecule has 0 aliphatic carbocycles. The first-order valence-corrected chi connectivity index (χ1v) is 7.04. The van der Waals surface area contributed by atoms with Crippen LogP contribution in [0, 0.1) is 6.92 Å². The molecule has 1 heterocycles. The van der Waals surface area contributed by atoms with Gasteiger partial charge in [0.05, 0.1) is 0 Å². The number of aryl methyl sites for hydroxylation is 1. The van der Waals surface area contributed by atoms with Crippen LogP contribution in [0.4, 0.5) is 0 Å². The second kappa shape index (κ2) is 6.52. The molecule has 0 saturated carbocycles. The molecule has 0 bridgehead atoms. The zero-order valence-electron chi connectivity index (χ0n) is 11.4. The molecule has 1 amide bonds. The lowest BCUT2D eigenvalue weighted by Crippen LogP contribution is -2.51. The summed E-state index contributed by atoms with van der Waals surface area (Å²) >= 11 is 1.54. The number of rotatable bonds is 6. The van der Waals surface area contributed by atoms with E-state index >= 15 is 0 Å². The normalized spacial score (nSPS) is 14.3. The number of carbonyl (C=O) groups is 2. The van der Waals surface area contributed by atoms with Crippen molar-refractivity contribution in [3.05, 3.63) is 28.0 Å². The van der Waals surface area contributed by atoms with Crippen LogP contribution in [0.3, 0.4) is 0 Å². The standard InChI is InChI=1S/C14H19NO3S/c1-4-8-14(3,13(17)18)15-12(16)6-5-11-10(2)7-9-19-11/h5-7,9H,4,8H2,1-3H3,(H,15,16)(H,17,18)/b6-5+. The second-order valence-electron chi connectivity index (χ2n) is 4.68. The molecule has 0 aromatic carbocycles. The molecule has 0 spiro atoms. The molecule has 2 N–H and O–H groups in total. The van der Waals surface area contributed by atoms with Crippen LogP contribution in [0.5, 0.6) is 0 Å². The predicted octanol–water partition coefficient (Wildman–Crippen LogP) is 2.83. The summed E-state index contributed by atoms with van der Waals surface area (Å²) in [6.45, 7) is 5.38. The van der Waals surface area contributed by atoms with Gasteiger partial charge in [0.1, 0.15) is 5.54 Å². The van der Waals surface area contributed by atoms with Gasteiger partial charge in [0.15, 0.2) is 0 Å². The summed E-state index contributed by atoms with van der Waals surface area (Å²) in [6, 6.07) is 1.97. The van der Waals surface area contributed by atoms with Crippen molar-refractivity contribution >= 4 is 29.3 Å². The summed E-state index contributed by atoms with van der Waals surface area (Å²) in [6.07, 6.45) is 4.19. The van der Waals surface area contributed by atoms with Gasteiger partial charge >= 0.3 is 5.97 Å². The van der Waals surface area contributed by atoms with E-state index in [1.165, 1.54) is 13.0 Å². The molecule has 1 aromatic rings. The Morgan fingerprint density at radius 3 is 2.68 bits per heavy atom. The van der Waals surface area contributed by atoms with E-state index < -0.39 is 11.5 Å². The van der Waals surface area contributed by atoms with Gasteiger partial charge in [-0.2, -0.15) is 0 Å². The van der Waals surface area contributed by atoms with Crippen LogP contribution in [0.2, 0.25) is 0 Å². The van der Waals surface area contributed by atoms with Crippen LogP contribution in [0.25, 0.3) is 6.08 Å². The van der Waals surface area contributed by atoms with E-state index in [2.05, 4.69) is 5.32 Å². The quantitative estimate of drug-likeness (QED) is 0.788. The zero-order chi connectivity index (χ0) is 14.5. The molecular formula is C14H19NO3S. The van der Waals surface area contributed by atoms with Crippen LogP contribution in [0.15, 0.2) is 17.5 Å². The van der Waals surface area contributed by atoms with Crippen molar-refractivity contribution in [2.45, 2.75) is 39.2 Å². The smallest absolute Gasteiger partial charge is 0.329 e.